The molecule has 0 bridgehead atoms. The molecule has 1 amide bonds. The Hall–Kier alpha value is -2.44. The van der Waals surface area contributed by atoms with Gasteiger partial charge in [-0.3, -0.25) is 9.59 Å². The lowest BCUT2D eigenvalue weighted by Crippen LogP contribution is -2.42. The van der Waals surface area contributed by atoms with Crippen LogP contribution in [0.5, 0.6) is 0 Å². The molecular weight excluding hydrogens is 274 g/mol. The average molecular weight is 289 g/mol. The summed E-state index contributed by atoms with van der Waals surface area (Å²) in [6.45, 7) is 0.373. The van der Waals surface area contributed by atoms with Crippen molar-refractivity contribution in [3.63, 3.8) is 0 Å². The van der Waals surface area contributed by atoms with Crippen molar-refractivity contribution < 1.29 is 19.0 Å². The van der Waals surface area contributed by atoms with E-state index in [-0.39, 0.29) is 30.8 Å². The van der Waals surface area contributed by atoms with Crippen LogP contribution in [-0.2, 0) is 20.7 Å². The van der Waals surface area contributed by atoms with Crippen LogP contribution < -0.4 is 0 Å². The first kappa shape index (κ1) is 13.5. The summed E-state index contributed by atoms with van der Waals surface area (Å²) in [7, 11) is 1.72. The van der Waals surface area contributed by atoms with Crippen molar-refractivity contribution in [1.29, 1.82) is 0 Å². The van der Waals surface area contributed by atoms with Crippen LogP contribution in [0.15, 0.2) is 22.8 Å². The number of ether oxygens (including phenoxy) is 1. The minimum atomic E-state index is -0.249. The summed E-state index contributed by atoms with van der Waals surface area (Å²) in [5, 5.41) is 7.48. The summed E-state index contributed by atoms with van der Waals surface area (Å²) in [5.41, 5.74) is 2.13. The van der Waals surface area contributed by atoms with Crippen LogP contribution >= 0.6 is 0 Å². The van der Waals surface area contributed by atoms with E-state index in [1.165, 1.54) is 0 Å². The van der Waals surface area contributed by atoms with Gasteiger partial charge in [-0.25, -0.2) is 4.63 Å². The molecule has 2 aromatic rings. The third-order valence-electron chi connectivity index (χ3n) is 3.73. The second-order valence-corrected chi connectivity index (χ2v) is 5.14. The second kappa shape index (κ2) is 5.51. The van der Waals surface area contributed by atoms with Crippen molar-refractivity contribution in [1.82, 2.24) is 15.2 Å². The van der Waals surface area contributed by atoms with Crippen LogP contribution in [0, 0.1) is 0 Å². The zero-order valence-corrected chi connectivity index (χ0v) is 11.6. The highest BCUT2D eigenvalue weighted by Crippen LogP contribution is 2.17. The van der Waals surface area contributed by atoms with Crippen LogP contribution in [0.2, 0.25) is 0 Å². The van der Waals surface area contributed by atoms with Crippen LogP contribution in [0.3, 0.4) is 0 Å². The summed E-state index contributed by atoms with van der Waals surface area (Å²) in [5.74, 6) is -0.286. The molecule has 1 fully saturated rings. The second-order valence-electron chi connectivity index (χ2n) is 5.14. The minimum Gasteiger partial charge on any atom is -0.466 e. The molecule has 1 aliphatic rings. The van der Waals surface area contributed by atoms with E-state index in [2.05, 4.69) is 14.9 Å². The van der Waals surface area contributed by atoms with Crippen molar-refractivity contribution >= 4 is 22.9 Å². The van der Waals surface area contributed by atoms with Crippen LogP contribution in [0.25, 0.3) is 11.0 Å². The van der Waals surface area contributed by atoms with Crippen molar-refractivity contribution in [2.45, 2.75) is 25.3 Å². The van der Waals surface area contributed by atoms with Crippen molar-refractivity contribution in [2.75, 3.05) is 13.7 Å². The molecule has 1 saturated heterocycles. The molecular formula is C14H15N3O4. The van der Waals surface area contributed by atoms with Crippen LogP contribution in [0.1, 0.15) is 18.4 Å². The number of carbonyl (C=O) groups is 2. The Morgan fingerprint density at radius 1 is 1.38 bits per heavy atom. The lowest BCUT2D eigenvalue weighted by molar-refractivity contribution is -0.151. The normalized spacial score (nSPS) is 18.5. The molecule has 1 aromatic carbocycles. The van der Waals surface area contributed by atoms with Crippen LogP contribution in [-0.4, -0.2) is 46.8 Å². The lowest BCUT2D eigenvalue weighted by Gasteiger charge is -2.30. The molecule has 3 rings (SSSR count). The Kier molecular flexibility index (Phi) is 3.55. The first-order valence-electron chi connectivity index (χ1n) is 6.76. The number of nitrogens with zero attached hydrogens (tertiary/aromatic N) is 3. The van der Waals surface area contributed by atoms with E-state index in [4.69, 9.17) is 4.74 Å². The van der Waals surface area contributed by atoms with Crippen molar-refractivity contribution in [3.8, 4) is 0 Å². The van der Waals surface area contributed by atoms with E-state index in [9.17, 15) is 9.59 Å². The fourth-order valence-electron chi connectivity index (χ4n) is 2.43. The van der Waals surface area contributed by atoms with E-state index in [0.717, 1.165) is 5.56 Å². The number of cyclic esters (lactones) is 1. The quantitative estimate of drug-likeness (QED) is 0.781. The molecule has 7 heteroatoms. The standard InChI is InChI=1S/C14H15N3O4/c1-17(10-4-5-20-14(19)8-10)13(18)7-9-2-3-11-12(6-9)16-21-15-11/h2-3,6,10H,4-5,7-8H2,1H3. The number of hydrogen-bond donors (Lipinski definition) is 0. The number of aromatic nitrogens is 2. The maximum absolute atomic E-state index is 12.3. The van der Waals surface area contributed by atoms with Gasteiger partial charge in [0.25, 0.3) is 0 Å². The molecule has 1 atom stereocenters. The third-order valence-corrected chi connectivity index (χ3v) is 3.73. The van der Waals surface area contributed by atoms with E-state index < -0.39 is 0 Å². The molecule has 1 aromatic heterocycles. The van der Waals surface area contributed by atoms with Gasteiger partial charge in [0.15, 0.2) is 0 Å². The Labute approximate surface area is 120 Å². The fraction of sp³-hybridized carbons (Fsp3) is 0.429. The predicted molar refractivity (Wildman–Crippen MR) is 72.3 cm³/mol. The summed E-state index contributed by atoms with van der Waals surface area (Å²) < 4.78 is 9.53. The van der Waals surface area contributed by atoms with Crippen molar-refractivity contribution in [3.05, 3.63) is 23.8 Å². The van der Waals surface area contributed by atoms with Gasteiger partial charge in [0.05, 0.1) is 19.4 Å². The molecule has 21 heavy (non-hydrogen) atoms. The number of esters is 1. The van der Waals surface area contributed by atoms with Gasteiger partial charge in [-0.05, 0) is 28.0 Å². The first-order chi connectivity index (χ1) is 10.1. The van der Waals surface area contributed by atoms with Gasteiger partial charge < -0.3 is 9.64 Å². The summed E-state index contributed by atoms with van der Waals surface area (Å²) in [4.78, 5) is 25.2. The molecule has 7 nitrogen and oxygen atoms in total. The molecule has 0 aliphatic carbocycles. The number of amides is 1. The van der Waals surface area contributed by atoms with E-state index >= 15 is 0 Å². The van der Waals surface area contributed by atoms with Gasteiger partial charge in [-0.1, -0.05) is 6.07 Å². The molecule has 0 N–H and O–H groups in total. The number of carbonyl (C=O) groups excluding carboxylic acids is 2. The zero-order chi connectivity index (χ0) is 14.8. The highest BCUT2D eigenvalue weighted by molar-refractivity contribution is 5.82. The number of hydrogen-bond acceptors (Lipinski definition) is 6. The highest BCUT2D eigenvalue weighted by atomic mass is 16.6. The molecule has 0 radical (unpaired) electrons. The van der Waals surface area contributed by atoms with E-state index in [1.54, 1.807) is 24.1 Å². The Bertz CT molecular complexity index is 682. The monoisotopic (exact) mass is 289 g/mol. The molecule has 1 aliphatic heterocycles. The van der Waals surface area contributed by atoms with Crippen molar-refractivity contribution in [2.24, 2.45) is 0 Å². The Morgan fingerprint density at radius 3 is 3.00 bits per heavy atom. The summed E-state index contributed by atoms with van der Waals surface area (Å²) in [6, 6.07) is 5.29. The highest BCUT2D eigenvalue weighted by Gasteiger charge is 2.27. The molecule has 110 valence electrons. The Morgan fingerprint density at radius 2 is 2.19 bits per heavy atom. The topological polar surface area (TPSA) is 85.5 Å². The number of fused-ring (bicyclic) bond motifs is 1. The fourth-order valence-corrected chi connectivity index (χ4v) is 2.43. The van der Waals surface area contributed by atoms with Gasteiger partial charge in [0, 0.05) is 19.5 Å². The number of rotatable bonds is 3. The SMILES string of the molecule is CN(C(=O)Cc1ccc2nonc2c1)C1CCOC(=O)C1. The van der Waals surface area contributed by atoms with Gasteiger partial charge in [0.2, 0.25) is 5.91 Å². The maximum atomic E-state index is 12.3. The molecule has 0 spiro atoms. The van der Waals surface area contributed by atoms with Gasteiger partial charge in [0.1, 0.15) is 11.0 Å². The lowest BCUT2D eigenvalue weighted by atomic mass is 10.1. The van der Waals surface area contributed by atoms with Gasteiger partial charge in [-0.2, -0.15) is 0 Å². The predicted octanol–water partition coefficient (Wildman–Crippen LogP) is 0.929. The largest absolute Gasteiger partial charge is 0.466 e. The first-order valence-corrected chi connectivity index (χ1v) is 6.76. The third kappa shape index (κ3) is 2.86. The summed E-state index contributed by atoms with van der Waals surface area (Å²) in [6.07, 6.45) is 1.19. The van der Waals surface area contributed by atoms with E-state index in [0.29, 0.717) is 24.1 Å². The maximum Gasteiger partial charge on any atom is 0.307 e. The summed E-state index contributed by atoms with van der Waals surface area (Å²) >= 11 is 0. The molecule has 1 unspecified atom stereocenters. The number of benzene rings is 1. The zero-order valence-electron chi connectivity index (χ0n) is 11.6. The molecule has 0 saturated carbocycles. The average Bonchev–Trinajstić information content (AvgIpc) is 2.94. The Balaban J connectivity index is 1.68. The number of likely N-dealkylation sites (N-methyl/N-ethyl adjacent to an activating group) is 1. The van der Waals surface area contributed by atoms with Crippen LogP contribution in [0.4, 0.5) is 0 Å². The smallest absolute Gasteiger partial charge is 0.307 e. The van der Waals surface area contributed by atoms with Gasteiger partial charge in [-0.15, -0.1) is 0 Å². The van der Waals surface area contributed by atoms with E-state index in [1.807, 2.05) is 6.07 Å². The minimum absolute atomic E-state index is 0.0366. The van der Waals surface area contributed by atoms with Gasteiger partial charge >= 0.3 is 5.97 Å². The molecule has 2 heterocycles.